The van der Waals surface area contributed by atoms with E-state index in [0.29, 0.717) is 32.0 Å². The van der Waals surface area contributed by atoms with Crippen LogP contribution in [0.1, 0.15) is 29.4 Å². The van der Waals surface area contributed by atoms with Crippen molar-refractivity contribution in [2.75, 3.05) is 32.0 Å². The van der Waals surface area contributed by atoms with Gasteiger partial charge < -0.3 is 15.4 Å². The van der Waals surface area contributed by atoms with E-state index in [1.165, 1.54) is 0 Å². The molecule has 0 saturated carbocycles. The number of aromatic nitrogens is 2. The topological polar surface area (TPSA) is 81.3 Å². The largest absolute Gasteiger partial charge is 0.396 e. The number of aryl methyl sites for hydroxylation is 1. The quantitative estimate of drug-likeness (QED) is 0.927. The molecule has 1 aliphatic heterocycles. The summed E-state index contributed by atoms with van der Waals surface area (Å²) in [6, 6.07) is 5.88. The molecule has 2 heterocycles. The van der Waals surface area contributed by atoms with E-state index in [1.807, 2.05) is 18.2 Å². The maximum absolute atomic E-state index is 12.6. The molecule has 0 spiro atoms. The first-order chi connectivity index (χ1) is 10.7. The Kier molecular flexibility index (Phi) is 5.74. The van der Waals surface area contributed by atoms with E-state index in [2.05, 4.69) is 17.1 Å². The van der Waals surface area contributed by atoms with Gasteiger partial charge in [0, 0.05) is 18.5 Å². The zero-order chi connectivity index (χ0) is 15.5. The average molecular weight is 337 g/mol. The van der Waals surface area contributed by atoms with Crippen LogP contribution in [0.2, 0.25) is 0 Å². The number of halogens is 1. The fourth-order valence-corrected chi connectivity index (χ4v) is 2.75. The number of carbonyl (C=O) groups excluding carboxylic acids is 1. The summed E-state index contributed by atoms with van der Waals surface area (Å²) in [7, 11) is 0. The lowest BCUT2D eigenvalue weighted by Gasteiger charge is -2.26. The zero-order valence-electron chi connectivity index (χ0n) is 13.1. The molecule has 0 bridgehead atoms. The van der Waals surface area contributed by atoms with Gasteiger partial charge in [-0.2, -0.15) is 0 Å². The van der Waals surface area contributed by atoms with Crippen LogP contribution < -0.4 is 5.73 Å². The zero-order valence-corrected chi connectivity index (χ0v) is 13.9. The first-order valence-electron chi connectivity index (χ1n) is 7.63. The molecular weight excluding hydrogens is 316 g/mol. The number of rotatable bonds is 3. The number of nitrogens with two attached hydrogens (primary N) is 1. The lowest BCUT2D eigenvalue weighted by atomic mass is 10.0. The molecule has 0 unspecified atom stereocenters. The molecule has 2 aromatic rings. The Morgan fingerprint density at radius 2 is 2.04 bits per heavy atom. The number of nitrogen functional groups attached to an aromatic ring is 1. The van der Waals surface area contributed by atoms with E-state index in [-0.39, 0.29) is 24.0 Å². The number of amides is 1. The Balaban J connectivity index is 0.00000192. The van der Waals surface area contributed by atoms with Gasteiger partial charge in [-0.1, -0.05) is 31.5 Å². The van der Waals surface area contributed by atoms with Gasteiger partial charge >= 0.3 is 0 Å². The molecule has 1 aromatic heterocycles. The molecule has 23 heavy (non-hydrogen) atoms. The van der Waals surface area contributed by atoms with Crippen molar-refractivity contribution in [2.45, 2.75) is 19.8 Å². The van der Waals surface area contributed by atoms with Crippen molar-refractivity contribution in [3.8, 4) is 0 Å². The molecule has 7 heteroatoms. The molecule has 3 rings (SSSR count). The fourth-order valence-electron chi connectivity index (χ4n) is 2.75. The summed E-state index contributed by atoms with van der Waals surface area (Å²) in [6.07, 6.45) is 1.94. The van der Waals surface area contributed by atoms with Gasteiger partial charge in [-0.05, 0) is 12.0 Å². The van der Waals surface area contributed by atoms with Gasteiger partial charge in [0.1, 0.15) is 0 Å². The van der Waals surface area contributed by atoms with Crippen molar-refractivity contribution in [3.63, 3.8) is 0 Å². The van der Waals surface area contributed by atoms with E-state index in [0.717, 1.165) is 29.3 Å². The second kappa shape index (κ2) is 7.57. The minimum Gasteiger partial charge on any atom is -0.396 e. The number of anilines is 1. The van der Waals surface area contributed by atoms with E-state index >= 15 is 0 Å². The van der Waals surface area contributed by atoms with Gasteiger partial charge in [0.2, 0.25) is 0 Å². The van der Waals surface area contributed by atoms with Crippen LogP contribution >= 0.6 is 12.4 Å². The molecule has 0 radical (unpaired) electrons. The standard InChI is InChI=1S/C16H20N4O2.ClH/c1-2-4-11-5-3-6-12-13(17)15(19-18-14(11)12)16(21)20-7-9-22-10-8-20;/h3,5-6H,2,4,7-10H2,1H3,(H2,17,18);1H. The van der Waals surface area contributed by atoms with Crippen molar-refractivity contribution in [3.05, 3.63) is 29.5 Å². The van der Waals surface area contributed by atoms with Crippen molar-refractivity contribution in [1.82, 2.24) is 15.1 Å². The summed E-state index contributed by atoms with van der Waals surface area (Å²) < 4.78 is 5.27. The maximum Gasteiger partial charge on any atom is 0.276 e. The highest BCUT2D eigenvalue weighted by atomic mass is 35.5. The minimum absolute atomic E-state index is 0. The summed E-state index contributed by atoms with van der Waals surface area (Å²) >= 11 is 0. The molecular formula is C16H21ClN4O2. The predicted octanol–water partition coefficient (Wildman–Crippen LogP) is 2.06. The van der Waals surface area contributed by atoms with Crippen LogP contribution in [0.5, 0.6) is 0 Å². The van der Waals surface area contributed by atoms with Gasteiger partial charge in [-0.25, -0.2) is 0 Å². The third-order valence-electron chi connectivity index (χ3n) is 3.94. The van der Waals surface area contributed by atoms with Crippen molar-refractivity contribution in [1.29, 1.82) is 0 Å². The first kappa shape index (κ1) is 17.4. The smallest absolute Gasteiger partial charge is 0.276 e. The normalized spacial score (nSPS) is 14.6. The summed E-state index contributed by atoms with van der Waals surface area (Å²) in [5.74, 6) is -0.170. The molecule has 1 fully saturated rings. The molecule has 2 N–H and O–H groups in total. The van der Waals surface area contributed by atoms with Crippen molar-refractivity contribution in [2.24, 2.45) is 0 Å². The Morgan fingerprint density at radius 3 is 2.74 bits per heavy atom. The summed E-state index contributed by atoms with van der Waals surface area (Å²) in [4.78, 5) is 14.3. The molecule has 0 aliphatic carbocycles. The summed E-state index contributed by atoms with van der Waals surface area (Å²) in [5.41, 5.74) is 8.77. The van der Waals surface area contributed by atoms with Crippen molar-refractivity contribution < 1.29 is 9.53 Å². The number of hydrogen-bond acceptors (Lipinski definition) is 5. The number of morpholine rings is 1. The number of ether oxygens (including phenoxy) is 1. The van der Waals surface area contributed by atoms with Crippen LogP contribution in [0.25, 0.3) is 10.9 Å². The van der Waals surface area contributed by atoms with Crippen molar-refractivity contribution >= 4 is 34.9 Å². The molecule has 6 nitrogen and oxygen atoms in total. The van der Waals surface area contributed by atoms with Crippen LogP contribution in [0.15, 0.2) is 18.2 Å². The molecule has 1 amide bonds. The Labute approximate surface area is 141 Å². The molecule has 124 valence electrons. The highest BCUT2D eigenvalue weighted by Gasteiger charge is 2.23. The highest BCUT2D eigenvalue weighted by Crippen LogP contribution is 2.25. The van der Waals surface area contributed by atoms with Crippen LogP contribution in [0, 0.1) is 0 Å². The molecule has 0 atom stereocenters. The lowest BCUT2D eigenvalue weighted by molar-refractivity contribution is 0.0299. The third kappa shape index (κ3) is 3.38. The Morgan fingerprint density at radius 1 is 1.30 bits per heavy atom. The Bertz CT molecular complexity index is 702. The number of benzene rings is 1. The van der Waals surface area contributed by atoms with Gasteiger partial charge in [0.15, 0.2) is 5.69 Å². The van der Waals surface area contributed by atoms with Gasteiger partial charge in [-0.3, -0.25) is 4.79 Å². The van der Waals surface area contributed by atoms with Gasteiger partial charge in [-0.15, -0.1) is 22.6 Å². The number of hydrogen-bond donors (Lipinski definition) is 1. The van der Waals surface area contributed by atoms with Crippen LogP contribution in [-0.2, 0) is 11.2 Å². The van der Waals surface area contributed by atoms with Gasteiger partial charge in [0.25, 0.3) is 5.91 Å². The monoisotopic (exact) mass is 336 g/mol. The summed E-state index contributed by atoms with van der Waals surface area (Å²) in [6.45, 7) is 4.34. The van der Waals surface area contributed by atoms with E-state index in [1.54, 1.807) is 4.90 Å². The number of nitrogens with zero attached hydrogens (tertiary/aromatic N) is 3. The predicted molar refractivity (Wildman–Crippen MR) is 91.9 cm³/mol. The second-order valence-corrected chi connectivity index (χ2v) is 5.43. The van der Waals surface area contributed by atoms with Crippen LogP contribution in [0.4, 0.5) is 5.69 Å². The average Bonchev–Trinajstić information content (AvgIpc) is 2.56. The van der Waals surface area contributed by atoms with E-state index < -0.39 is 0 Å². The molecule has 1 aliphatic rings. The minimum atomic E-state index is -0.170. The third-order valence-corrected chi connectivity index (χ3v) is 3.94. The molecule has 1 saturated heterocycles. The van der Waals surface area contributed by atoms with Crippen LogP contribution in [0.3, 0.4) is 0 Å². The second-order valence-electron chi connectivity index (χ2n) is 5.43. The number of carbonyl (C=O) groups is 1. The maximum atomic E-state index is 12.6. The lowest BCUT2D eigenvalue weighted by Crippen LogP contribution is -2.41. The van der Waals surface area contributed by atoms with Crippen LogP contribution in [-0.4, -0.2) is 47.3 Å². The number of fused-ring (bicyclic) bond motifs is 1. The Hall–Kier alpha value is -1.92. The SMILES string of the molecule is CCCc1cccc2c(N)c(C(=O)N3CCOCC3)nnc12.Cl. The van der Waals surface area contributed by atoms with E-state index in [9.17, 15) is 4.79 Å². The summed E-state index contributed by atoms with van der Waals surface area (Å²) in [5, 5.41) is 9.19. The highest BCUT2D eigenvalue weighted by molar-refractivity contribution is 6.05. The van der Waals surface area contributed by atoms with Gasteiger partial charge in [0.05, 0.1) is 24.4 Å². The van der Waals surface area contributed by atoms with E-state index in [4.69, 9.17) is 10.5 Å². The molecule has 1 aromatic carbocycles. The fraction of sp³-hybridized carbons (Fsp3) is 0.438. The first-order valence-corrected chi connectivity index (χ1v) is 7.63.